The zero-order chi connectivity index (χ0) is 11.6. The van der Waals surface area contributed by atoms with Crippen molar-refractivity contribution in [3.63, 3.8) is 0 Å². The Kier molecular flexibility index (Phi) is 3.89. The zero-order valence-electron chi connectivity index (χ0n) is 7.43. The van der Waals surface area contributed by atoms with E-state index in [1.54, 1.807) is 0 Å². The quantitative estimate of drug-likeness (QED) is 0.475. The van der Waals surface area contributed by atoms with Gasteiger partial charge in [0.25, 0.3) is 6.43 Å². The lowest BCUT2D eigenvalue weighted by Gasteiger charge is -2.06. The van der Waals surface area contributed by atoms with Crippen molar-refractivity contribution >= 4 is 28.6 Å². The van der Waals surface area contributed by atoms with Crippen LogP contribution in [0.15, 0.2) is 6.07 Å². The lowest BCUT2D eigenvalue weighted by molar-refractivity contribution is 0.0579. The molecule has 1 aromatic heterocycles. The van der Waals surface area contributed by atoms with Gasteiger partial charge in [0.15, 0.2) is 5.69 Å². The lowest BCUT2D eigenvalue weighted by atomic mass is 10.2. The van der Waals surface area contributed by atoms with Gasteiger partial charge in [0.05, 0.1) is 16.2 Å². The minimum atomic E-state index is -2.90. The van der Waals surface area contributed by atoms with E-state index in [0.29, 0.717) is 0 Å². The van der Waals surface area contributed by atoms with E-state index in [2.05, 4.69) is 9.72 Å². The summed E-state index contributed by atoms with van der Waals surface area (Å²) in [5.41, 5.74) is -1.32. The molecule has 15 heavy (non-hydrogen) atoms. The monoisotopic (exact) mass is 331 g/mol. The fourth-order valence-corrected chi connectivity index (χ4v) is 1.36. The summed E-state index contributed by atoms with van der Waals surface area (Å²) in [6.07, 6.45) is -2.90. The van der Waals surface area contributed by atoms with Crippen LogP contribution in [0.1, 0.15) is 22.5 Å². The molecule has 0 amide bonds. The first-order chi connectivity index (χ1) is 6.97. The average molecular weight is 331 g/mol. The smallest absolute Gasteiger partial charge is 0.357 e. The van der Waals surface area contributed by atoms with Gasteiger partial charge in [0.1, 0.15) is 0 Å². The maximum Gasteiger partial charge on any atom is 0.357 e. The summed E-state index contributed by atoms with van der Waals surface area (Å²) >= 11 is 1.51. The predicted octanol–water partition coefficient (Wildman–Crippen LogP) is 2.55. The highest BCUT2D eigenvalue weighted by atomic mass is 127. The molecule has 0 N–H and O–H groups in total. The van der Waals surface area contributed by atoms with E-state index in [0.717, 1.165) is 13.2 Å². The number of pyridine rings is 1. The second-order valence-corrected chi connectivity index (χ2v) is 3.65. The van der Waals surface area contributed by atoms with Crippen LogP contribution in [0, 0.1) is 9.52 Å². The van der Waals surface area contributed by atoms with Crippen LogP contribution in [0.3, 0.4) is 0 Å². The first-order valence-electron chi connectivity index (χ1n) is 3.69. The largest absolute Gasteiger partial charge is 0.464 e. The van der Waals surface area contributed by atoms with Crippen molar-refractivity contribution in [2.75, 3.05) is 7.11 Å². The predicted molar refractivity (Wildman–Crippen MR) is 53.2 cm³/mol. The molecule has 7 heteroatoms. The average Bonchev–Trinajstić information content (AvgIpc) is 2.20. The number of methoxy groups -OCH3 is 1. The Morgan fingerprint density at radius 1 is 1.60 bits per heavy atom. The highest BCUT2D eigenvalue weighted by Crippen LogP contribution is 2.25. The number of aromatic nitrogens is 1. The molecule has 0 atom stereocenters. The molecule has 0 fully saturated rings. The Morgan fingerprint density at radius 3 is 2.67 bits per heavy atom. The number of halogens is 4. The normalized spacial score (nSPS) is 10.5. The molecular weight excluding hydrogens is 326 g/mol. The van der Waals surface area contributed by atoms with Crippen LogP contribution in [0.5, 0.6) is 0 Å². The number of esters is 1. The van der Waals surface area contributed by atoms with Crippen LogP contribution in [0.2, 0.25) is 0 Å². The molecule has 1 aromatic rings. The first kappa shape index (κ1) is 12.2. The second-order valence-electron chi connectivity index (χ2n) is 2.49. The number of ether oxygens (including phenoxy) is 1. The lowest BCUT2D eigenvalue weighted by Crippen LogP contribution is -2.11. The van der Waals surface area contributed by atoms with Crippen molar-refractivity contribution in [1.29, 1.82) is 0 Å². The molecule has 0 saturated carbocycles. The molecule has 3 nitrogen and oxygen atoms in total. The number of carbonyl (C=O) groups is 1. The van der Waals surface area contributed by atoms with Crippen molar-refractivity contribution in [1.82, 2.24) is 4.98 Å². The molecule has 0 bridgehead atoms. The molecule has 1 heterocycles. The molecule has 0 aromatic carbocycles. The third kappa shape index (κ3) is 2.58. The van der Waals surface area contributed by atoms with Crippen molar-refractivity contribution < 1.29 is 22.7 Å². The van der Waals surface area contributed by atoms with Gasteiger partial charge in [-0.1, -0.05) is 0 Å². The van der Waals surface area contributed by atoms with Gasteiger partial charge < -0.3 is 4.74 Å². The highest BCUT2D eigenvalue weighted by molar-refractivity contribution is 14.1. The molecule has 82 valence electrons. The van der Waals surface area contributed by atoms with Crippen LogP contribution in [-0.2, 0) is 4.74 Å². The van der Waals surface area contributed by atoms with E-state index in [-0.39, 0.29) is 3.57 Å². The Balaban J connectivity index is 3.34. The van der Waals surface area contributed by atoms with E-state index < -0.39 is 29.6 Å². The number of carbonyl (C=O) groups excluding carboxylic acids is 1. The number of nitrogens with zero attached hydrogens (tertiary/aromatic N) is 1. The van der Waals surface area contributed by atoms with E-state index in [4.69, 9.17) is 0 Å². The van der Waals surface area contributed by atoms with Gasteiger partial charge in [-0.15, -0.1) is 0 Å². The fourth-order valence-electron chi connectivity index (χ4n) is 0.907. The van der Waals surface area contributed by atoms with Gasteiger partial charge in [0.2, 0.25) is 5.95 Å². The second kappa shape index (κ2) is 4.77. The van der Waals surface area contributed by atoms with Crippen LogP contribution >= 0.6 is 22.6 Å². The first-order valence-corrected chi connectivity index (χ1v) is 4.77. The molecule has 0 aliphatic carbocycles. The summed E-state index contributed by atoms with van der Waals surface area (Å²) < 4.78 is 42.0. The van der Waals surface area contributed by atoms with Crippen LogP contribution in [-0.4, -0.2) is 18.1 Å². The summed E-state index contributed by atoms with van der Waals surface area (Å²) in [6.45, 7) is 0. The molecule has 0 radical (unpaired) electrons. The van der Waals surface area contributed by atoms with Gasteiger partial charge in [-0.3, -0.25) is 0 Å². The van der Waals surface area contributed by atoms with Crippen LogP contribution in [0.4, 0.5) is 13.2 Å². The number of alkyl halides is 2. The molecule has 0 unspecified atom stereocenters. The SMILES string of the molecule is COC(=O)c1nc(F)c(I)cc1C(F)F. The van der Waals surface area contributed by atoms with Crippen molar-refractivity contribution in [3.8, 4) is 0 Å². The fraction of sp³-hybridized carbons (Fsp3) is 0.250. The Morgan fingerprint density at radius 2 is 2.20 bits per heavy atom. The van der Waals surface area contributed by atoms with Crippen molar-refractivity contribution in [2.45, 2.75) is 6.43 Å². The van der Waals surface area contributed by atoms with Gasteiger partial charge >= 0.3 is 5.97 Å². The summed E-state index contributed by atoms with van der Waals surface area (Å²) in [5, 5.41) is 0. The van der Waals surface area contributed by atoms with Crippen LogP contribution < -0.4 is 0 Å². The topological polar surface area (TPSA) is 39.2 Å². The van der Waals surface area contributed by atoms with Crippen molar-refractivity contribution in [3.05, 3.63) is 26.8 Å². The van der Waals surface area contributed by atoms with E-state index in [1.807, 2.05) is 0 Å². The Hall–Kier alpha value is -0.860. The van der Waals surface area contributed by atoms with E-state index in [9.17, 15) is 18.0 Å². The molecule has 0 aliphatic rings. The van der Waals surface area contributed by atoms with Gasteiger partial charge in [-0.05, 0) is 28.7 Å². The molecule has 0 saturated heterocycles. The van der Waals surface area contributed by atoms with Gasteiger partial charge in [0, 0.05) is 0 Å². The highest BCUT2D eigenvalue weighted by Gasteiger charge is 2.23. The molecule has 1 rings (SSSR count). The molecular formula is C8H5F3INO2. The number of hydrogen-bond acceptors (Lipinski definition) is 3. The Bertz CT molecular complexity index is 398. The summed E-state index contributed by atoms with van der Waals surface area (Å²) in [7, 11) is 1.01. The van der Waals surface area contributed by atoms with Gasteiger partial charge in [-0.25, -0.2) is 18.6 Å². The third-order valence-electron chi connectivity index (χ3n) is 1.58. The van der Waals surface area contributed by atoms with Gasteiger partial charge in [-0.2, -0.15) is 4.39 Å². The summed E-state index contributed by atoms with van der Waals surface area (Å²) in [4.78, 5) is 14.2. The maximum absolute atomic E-state index is 12.9. The minimum Gasteiger partial charge on any atom is -0.464 e. The van der Waals surface area contributed by atoms with E-state index >= 15 is 0 Å². The summed E-state index contributed by atoms with van der Waals surface area (Å²) in [6, 6.07) is 0.875. The maximum atomic E-state index is 12.9. The zero-order valence-corrected chi connectivity index (χ0v) is 9.59. The molecule has 0 spiro atoms. The molecule has 0 aliphatic heterocycles. The minimum absolute atomic E-state index is 0.0736. The van der Waals surface area contributed by atoms with Crippen LogP contribution in [0.25, 0.3) is 0 Å². The summed E-state index contributed by atoms with van der Waals surface area (Å²) in [5.74, 6) is -2.05. The van der Waals surface area contributed by atoms with E-state index in [1.165, 1.54) is 22.6 Å². The van der Waals surface area contributed by atoms with Crippen molar-refractivity contribution in [2.24, 2.45) is 0 Å². The number of rotatable bonds is 2. The standard InChI is InChI=1S/C8H5F3INO2/c1-15-8(14)5-3(6(9)10)2-4(12)7(11)13-5/h2,6H,1H3. The number of hydrogen-bond donors (Lipinski definition) is 0. The third-order valence-corrected chi connectivity index (χ3v) is 2.33. The Labute approximate surface area is 96.8 Å².